The summed E-state index contributed by atoms with van der Waals surface area (Å²) in [5.41, 5.74) is 6.47. The third-order valence-corrected chi connectivity index (χ3v) is 23.6. The Morgan fingerprint density at radius 2 is 1.00 bits per heavy atom. The Bertz CT molecular complexity index is 3180. The van der Waals surface area contributed by atoms with E-state index in [0.717, 1.165) is 85.6 Å². The van der Waals surface area contributed by atoms with Gasteiger partial charge in [0.25, 0.3) is 11.8 Å². The summed E-state index contributed by atoms with van der Waals surface area (Å²) < 4.78 is 69.6. The average molecular weight is 1250 g/mol. The van der Waals surface area contributed by atoms with Gasteiger partial charge in [-0.05, 0) is 209 Å². The molecule has 2 amide bonds. The topological polar surface area (TPSA) is 192 Å². The van der Waals surface area contributed by atoms with Crippen LogP contribution in [0.1, 0.15) is 147 Å². The molecule has 14 nitrogen and oxygen atoms in total. The summed E-state index contributed by atoms with van der Waals surface area (Å²) in [4.78, 5) is 31.3. The van der Waals surface area contributed by atoms with Crippen molar-refractivity contribution in [2.24, 2.45) is 23.7 Å². The van der Waals surface area contributed by atoms with Gasteiger partial charge in [-0.3, -0.25) is 9.59 Å². The zero-order valence-corrected chi connectivity index (χ0v) is 53.0. The Morgan fingerprint density at radius 3 is 1.35 bits per heavy atom. The predicted octanol–water partition coefficient (Wildman–Crippen LogP) is 12.4. The Balaban J connectivity index is 0.000000205. The molecule has 10 rings (SSSR count). The normalized spacial score (nSPS) is 24.4. The van der Waals surface area contributed by atoms with E-state index >= 15 is 0 Å². The predicted molar refractivity (Wildman–Crippen MR) is 345 cm³/mol. The summed E-state index contributed by atoms with van der Waals surface area (Å²) >= 11 is 12.8. The monoisotopic (exact) mass is 1250 g/mol. The standard InChI is InChI=1S/2C34H43ClN2O5S/c2*1-4-8-27(6-3)43(40,41)36-33(39)24-12-16-32-30(19-24)37(20-25-11-14-28(25)31(38)9-5-2)21-34(22-42-32)17-7-10-23-18-26(35)13-15-29(23)34/h2*4-5,12-13,15-16,18-19,25,27-28,31,38H,1-2,6-11,14,17,20-22H2,3H3,(H,36,39)/t25-,27+,28+,31-,34-;25-,27-,28+,31-,34-/m00/s1. The summed E-state index contributed by atoms with van der Waals surface area (Å²) in [5.74, 6) is 0.894. The SMILES string of the molecule is C=CC[C@@H](CC)S(=O)(=O)NC(=O)c1ccc2c(c1)N(C[C@@H]1CC[C@H]1[C@@H](O)CC=C)C[C@@]1(CCCc3cc(Cl)ccc31)CO2.C=CC[C@H](CC)S(=O)(=O)NC(=O)c1ccc2c(c1)N(C[C@@H]1CC[C@H]1[C@@H](O)CC=C)C[C@@]1(CCCc3cc(Cl)ccc31)CO2. The molecule has 2 aliphatic heterocycles. The second-order valence-electron chi connectivity index (χ2n) is 24.8. The highest BCUT2D eigenvalue weighted by Gasteiger charge is 2.47. The van der Waals surface area contributed by atoms with Crippen LogP contribution < -0.4 is 28.7 Å². The number of halogens is 2. The van der Waals surface area contributed by atoms with Gasteiger partial charge >= 0.3 is 0 Å². The third kappa shape index (κ3) is 14.1. The number of nitrogens with one attached hydrogen (secondary N) is 2. The molecule has 6 aliphatic rings. The van der Waals surface area contributed by atoms with E-state index in [1.165, 1.54) is 22.3 Å². The van der Waals surface area contributed by atoms with Gasteiger partial charge in [0.1, 0.15) is 11.5 Å². The van der Waals surface area contributed by atoms with E-state index in [1.54, 1.807) is 74.5 Å². The van der Waals surface area contributed by atoms with Gasteiger partial charge in [-0.15, -0.1) is 26.3 Å². The first-order valence-electron chi connectivity index (χ1n) is 30.7. The van der Waals surface area contributed by atoms with E-state index in [4.69, 9.17) is 32.7 Å². The van der Waals surface area contributed by atoms with E-state index in [9.17, 15) is 36.6 Å². The molecule has 18 heteroatoms. The van der Waals surface area contributed by atoms with E-state index in [-0.39, 0.29) is 58.5 Å². The lowest BCUT2D eigenvalue weighted by molar-refractivity contribution is 0.0176. The number of aliphatic hydroxyl groups excluding tert-OH is 2. The minimum atomic E-state index is -3.88. The molecule has 0 radical (unpaired) electrons. The fourth-order valence-corrected chi connectivity index (χ4v) is 17.5. The molecule has 464 valence electrons. The first-order valence-corrected chi connectivity index (χ1v) is 34.6. The number of aryl methyl sites for hydroxylation is 2. The highest BCUT2D eigenvalue weighted by molar-refractivity contribution is 7.91. The maximum atomic E-state index is 13.3. The van der Waals surface area contributed by atoms with Crippen molar-refractivity contribution in [2.75, 3.05) is 49.2 Å². The quantitative estimate of drug-likeness (QED) is 0.0545. The van der Waals surface area contributed by atoms with E-state index < -0.39 is 54.6 Å². The third-order valence-electron chi connectivity index (χ3n) is 19.4. The molecule has 0 saturated heterocycles. The molecule has 2 fully saturated rings. The van der Waals surface area contributed by atoms with Crippen LogP contribution in [-0.2, 0) is 43.7 Å². The Morgan fingerprint density at radius 1 is 0.605 bits per heavy atom. The lowest BCUT2D eigenvalue weighted by Gasteiger charge is -2.45. The number of carbonyl (C=O) groups is 2. The Kier molecular flexibility index (Phi) is 21.0. The second-order valence-corrected chi connectivity index (χ2v) is 29.6. The van der Waals surface area contributed by atoms with Crippen LogP contribution >= 0.6 is 23.2 Å². The van der Waals surface area contributed by atoms with Crippen molar-refractivity contribution >= 4 is 66.4 Å². The first kappa shape index (κ1) is 64.8. The number of nitrogens with zero attached hydrogens (tertiary/aromatic N) is 2. The van der Waals surface area contributed by atoms with Gasteiger partial charge in [-0.25, -0.2) is 26.3 Å². The number of rotatable bonds is 22. The van der Waals surface area contributed by atoms with Crippen LogP contribution in [0.5, 0.6) is 11.5 Å². The highest BCUT2D eigenvalue weighted by atomic mass is 35.5. The fraction of sp³-hybridized carbons (Fsp3) is 0.500. The van der Waals surface area contributed by atoms with Gasteiger partial charge in [0.2, 0.25) is 20.0 Å². The Hall–Kier alpha value is -5.62. The minimum absolute atomic E-state index is 0.173. The maximum Gasteiger partial charge on any atom is 0.264 e. The van der Waals surface area contributed by atoms with Crippen LogP contribution in [0, 0.1) is 23.7 Å². The van der Waals surface area contributed by atoms with Crippen LogP contribution in [0.15, 0.2) is 123 Å². The molecule has 4 aromatic carbocycles. The van der Waals surface area contributed by atoms with Gasteiger partial charge in [-0.1, -0.05) is 73.5 Å². The lowest BCUT2D eigenvalue weighted by atomic mass is 9.68. The number of aliphatic hydroxyl groups is 2. The summed E-state index contributed by atoms with van der Waals surface area (Å²) in [6.07, 6.45) is 18.0. The van der Waals surface area contributed by atoms with Gasteiger partial charge < -0.3 is 29.5 Å². The lowest BCUT2D eigenvalue weighted by Crippen LogP contribution is -2.49. The van der Waals surface area contributed by atoms with Gasteiger partial charge in [0.05, 0.1) is 47.3 Å². The number of carbonyl (C=O) groups excluding carboxylic acids is 2. The highest BCUT2D eigenvalue weighted by Crippen LogP contribution is 2.49. The van der Waals surface area contributed by atoms with Crippen molar-refractivity contribution < 1.29 is 46.1 Å². The maximum absolute atomic E-state index is 13.3. The number of hydrogen-bond donors (Lipinski definition) is 4. The molecule has 4 aliphatic carbocycles. The molecule has 86 heavy (non-hydrogen) atoms. The number of anilines is 2. The van der Waals surface area contributed by atoms with Crippen LogP contribution in [-0.4, -0.2) is 101 Å². The van der Waals surface area contributed by atoms with Gasteiger partial charge in [0.15, 0.2) is 0 Å². The van der Waals surface area contributed by atoms with Crippen LogP contribution in [0.2, 0.25) is 10.0 Å². The summed E-state index contributed by atoms with van der Waals surface area (Å²) in [5, 5.41) is 21.6. The number of hydrogen-bond acceptors (Lipinski definition) is 12. The zero-order valence-electron chi connectivity index (χ0n) is 49.9. The van der Waals surface area contributed by atoms with Crippen molar-refractivity contribution in [3.05, 3.63) is 167 Å². The molecule has 0 unspecified atom stereocenters. The van der Waals surface area contributed by atoms with Gasteiger partial charge in [0, 0.05) is 58.2 Å². The molecule has 0 bridgehead atoms. The molecule has 4 N–H and O–H groups in total. The number of amides is 2. The number of sulfonamides is 2. The molecule has 4 aromatic rings. The zero-order chi connectivity index (χ0) is 61.6. The van der Waals surface area contributed by atoms with E-state index in [2.05, 4.69) is 69.8 Å². The van der Waals surface area contributed by atoms with Crippen LogP contribution in [0.4, 0.5) is 11.4 Å². The second kappa shape index (κ2) is 27.8. The van der Waals surface area contributed by atoms with E-state index in [1.807, 2.05) is 12.1 Å². The Labute approximate surface area is 520 Å². The molecular weight excluding hydrogens is 1170 g/mol. The van der Waals surface area contributed by atoms with Crippen LogP contribution in [0.3, 0.4) is 0 Å². The molecule has 2 heterocycles. The molecule has 10 atom stereocenters. The number of allylic oxidation sites excluding steroid dienone is 2. The largest absolute Gasteiger partial charge is 0.490 e. The van der Waals surface area contributed by atoms with Crippen LogP contribution in [0.25, 0.3) is 0 Å². The summed E-state index contributed by atoms with van der Waals surface area (Å²) in [6, 6.07) is 22.6. The molecular formula is C68H86Cl2N4O10S2. The van der Waals surface area contributed by atoms with Crippen molar-refractivity contribution in [2.45, 2.75) is 150 Å². The summed E-state index contributed by atoms with van der Waals surface area (Å²) in [7, 11) is -7.76. The smallest absolute Gasteiger partial charge is 0.264 e. The molecule has 2 spiro atoms. The number of benzene rings is 4. The van der Waals surface area contributed by atoms with Crippen molar-refractivity contribution in [1.29, 1.82) is 0 Å². The van der Waals surface area contributed by atoms with E-state index in [0.29, 0.717) is 76.6 Å². The minimum Gasteiger partial charge on any atom is -0.490 e. The molecule has 0 aromatic heterocycles. The van der Waals surface area contributed by atoms with Gasteiger partial charge in [-0.2, -0.15) is 0 Å². The first-order chi connectivity index (χ1) is 41.2. The molecule has 2 saturated carbocycles. The fourth-order valence-electron chi connectivity index (χ4n) is 14.4. The van der Waals surface area contributed by atoms with Crippen molar-refractivity contribution in [3.8, 4) is 11.5 Å². The van der Waals surface area contributed by atoms with Crippen molar-refractivity contribution in [1.82, 2.24) is 9.44 Å². The van der Waals surface area contributed by atoms with Crippen molar-refractivity contribution in [3.63, 3.8) is 0 Å². The summed E-state index contributed by atoms with van der Waals surface area (Å²) in [6.45, 7) is 22.2. The number of ether oxygens (including phenoxy) is 2. The number of fused-ring (bicyclic) bond motifs is 6. The average Bonchev–Trinajstić information content (AvgIpc) is 1.56.